The summed E-state index contributed by atoms with van der Waals surface area (Å²) in [5, 5.41) is 1.69. The van der Waals surface area contributed by atoms with E-state index in [9.17, 15) is 0 Å². The molecule has 0 saturated carbocycles. The Hall–Kier alpha value is -0.840. The normalized spacial score (nSPS) is 15.6. The van der Waals surface area contributed by atoms with Crippen LogP contribution in [0.4, 0.5) is 0 Å². The summed E-state index contributed by atoms with van der Waals surface area (Å²) in [6.07, 6.45) is 1.37. The van der Waals surface area contributed by atoms with Gasteiger partial charge in [0.2, 0.25) is 0 Å². The first kappa shape index (κ1) is 13.2. The summed E-state index contributed by atoms with van der Waals surface area (Å²) < 4.78 is 0. The van der Waals surface area contributed by atoms with E-state index in [-0.39, 0.29) is 0 Å². The summed E-state index contributed by atoms with van der Waals surface area (Å²) in [6.45, 7) is 10.4. The molecule has 1 unspecified atom stereocenters. The molecule has 0 aliphatic rings. The quantitative estimate of drug-likeness (QED) is 0.331. The van der Waals surface area contributed by atoms with Crippen LogP contribution in [0.1, 0.15) is 13.8 Å². The van der Waals surface area contributed by atoms with Crippen molar-refractivity contribution in [3.05, 3.63) is 23.9 Å². The van der Waals surface area contributed by atoms with Crippen LogP contribution < -0.4 is 5.73 Å². The highest BCUT2D eigenvalue weighted by Gasteiger charge is 2.24. The fourth-order valence-corrected chi connectivity index (χ4v) is 0.657. The maximum atomic E-state index is 5.82. The number of aliphatic imine (C=N–C) groups is 1. The Morgan fingerprint density at radius 3 is 2.50 bits per heavy atom. The number of hydrogen-bond donors (Lipinski definition) is 1. The minimum Gasteiger partial charge on any atom is -0.408 e. The molecule has 2 N–H and O–H groups in total. The van der Waals surface area contributed by atoms with Gasteiger partial charge in [0.15, 0.2) is 5.79 Å². The lowest BCUT2D eigenvalue weighted by Crippen LogP contribution is -2.49. The van der Waals surface area contributed by atoms with Crippen molar-refractivity contribution in [2.45, 2.75) is 19.6 Å². The van der Waals surface area contributed by atoms with Gasteiger partial charge < -0.3 is 4.84 Å². The van der Waals surface area contributed by atoms with Crippen LogP contribution in [0.15, 0.2) is 28.9 Å². The van der Waals surface area contributed by atoms with Crippen molar-refractivity contribution in [3.8, 4) is 0 Å². The summed E-state index contributed by atoms with van der Waals surface area (Å²) in [7, 11) is 1.66. The van der Waals surface area contributed by atoms with Gasteiger partial charge in [-0.1, -0.05) is 24.8 Å². The Labute approximate surface area is 89.6 Å². The van der Waals surface area contributed by atoms with E-state index in [0.717, 1.165) is 0 Å². The summed E-state index contributed by atoms with van der Waals surface area (Å²) in [6, 6.07) is 0. The van der Waals surface area contributed by atoms with Gasteiger partial charge in [-0.15, -0.1) is 5.06 Å². The highest BCUT2D eigenvalue weighted by molar-refractivity contribution is 6.38. The van der Waals surface area contributed by atoms with Crippen LogP contribution >= 0.6 is 11.6 Å². The molecule has 0 aromatic rings. The standard InChI is InChI=1S/C9H16ClN3O/c1-7(2)14-13(5)9(4,11)12-6-8(3)10/h6H,1,3,11H2,2,4-5H3/b12-6-. The predicted molar refractivity (Wildman–Crippen MR) is 59.7 cm³/mol. The lowest BCUT2D eigenvalue weighted by atomic mass is 10.4. The SMILES string of the molecule is C=C(Cl)/C=N\C(C)(N)N(C)OC(=C)C. The van der Waals surface area contributed by atoms with Crippen molar-refractivity contribution < 1.29 is 4.84 Å². The summed E-state index contributed by atoms with van der Waals surface area (Å²) in [5.41, 5.74) is 5.82. The van der Waals surface area contributed by atoms with E-state index in [1.54, 1.807) is 20.9 Å². The van der Waals surface area contributed by atoms with Gasteiger partial charge in [0.05, 0.1) is 5.03 Å². The zero-order chi connectivity index (χ0) is 11.4. The zero-order valence-corrected chi connectivity index (χ0v) is 9.51. The Balaban J connectivity index is 4.44. The van der Waals surface area contributed by atoms with Gasteiger partial charge >= 0.3 is 0 Å². The predicted octanol–water partition coefficient (Wildman–Crippen LogP) is 1.84. The van der Waals surface area contributed by atoms with Crippen molar-refractivity contribution >= 4 is 17.8 Å². The highest BCUT2D eigenvalue weighted by atomic mass is 35.5. The average molecular weight is 218 g/mol. The second-order valence-electron chi connectivity index (χ2n) is 3.09. The van der Waals surface area contributed by atoms with Crippen LogP contribution in [0.3, 0.4) is 0 Å². The van der Waals surface area contributed by atoms with E-state index < -0.39 is 5.79 Å². The van der Waals surface area contributed by atoms with Crippen LogP contribution in [0, 0.1) is 0 Å². The number of halogens is 1. The first-order valence-electron chi connectivity index (χ1n) is 4.01. The van der Waals surface area contributed by atoms with Gasteiger partial charge in [-0.3, -0.25) is 10.7 Å². The van der Waals surface area contributed by atoms with Crippen LogP contribution in [-0.4, -0.2) is 24.1 Å². The molecule has 0 bridgehead atoms. The van der Waals surface area contributed by atoms with Gasteiger partial charge in [0.1, 0.15) is 5.76 Å². The molecular formula is C9H16ClN3O. The largest absolute Gasteiger partial charge is 0.408 e. The molecule has 14 heavy (non-hydrogen) atoms. The number of rotatable bonds is 5. The molecule has 0 fully saturated rings. The Morgan fingerprint density at radius 1 is 1.64 bits per heavy atom. The number of allylic oxidation sites excluding steroid dienone is 2. The molecular weight excluding hydrogens is 202 g/mol. The van der Waals surface area contributed by atoms with Crippen LogP contribution in [0.2, 0.25) is 0 Å². The van der Waals surface area contributed by atoms with Crippen molar-refractivity contribution in [1.82, 2.24) is 5.06 Å². The van der Waals surface area contributed by atoms with E-state index in [0.29, 0.717) is 10.8 Å². The molecule has 0 amide bonds. The molecule has 1 atom stereocenters. The molecule has 5 heteroatoms. The highest BCUT2D eigenvalue weighted by Crippen LogP contribution is 2.10. The van der Waals surface area contributed by atoms with Gasteiger partial charge in [0, 0.05) is 13.3 Å². The van der Waals surface area contributed by atoms with E-state index >= 15 is 0 Å². The molecule has 0 aromatic carbocycles. The average Bonchev–Trinajstić information content (AvgIpc) is 1.99. The maximum absolute atomic E-state index is 5.82. The molecule has 0 radical (unpaired) electrons. The third-order valence-electron chi connectivity index (χ3n) is 1.40. The molecule has 0 saturated heterocycles. The minimum atomic E-state index is -1.00. The van der Waals surface area contributed by atoms with Crippen molar-refractivity contribution in [3.63, 3.8) is 0 Å². The first-order chi connectivity index (χ1) is 6.25. The maximum Gasteiger partial charge on any atom is 0.192 e. The molecule has 0 rings (SSSR count). The number of hydroxylamine groups is 2. The lowest BCUT2D eigenvalue weighted by molar-refractivity contribution is -0.162. The molecule has 0 spiro atoms. The summed E-state index contributed by atoms with van der Waals surface area (Å²) >= 11 is 5.52. The number of nitrogens with zero attached hydrogens (tertiary/aromatic N) is 2. The van der Waals surface area contributed by atoms with Crippen LogP contribution in [0.25, 0.3) is 0 Å². The second kappa shape index (κ2) is 5.14. The molecule has 0 aromatic heterocycles. The van der Waals surface area contributed by atoms with Gasteiger partial charge in [0.25, 0.3) is 0 Å². The Bertz CT molecular complexity index is 261. The monoisotopic (exact) mass is 217 g/mol. The molecule has 80 valence electrons. The van der Waals surface area contributed by atoms with E-state index in [1.165, 1.54) is 11.3 Å². The van der Waals surface area contributed by atoms with Gasteiger partial charge in [-0.05, 0) is 13.8 Å². The Kier molecular flexibility index (Phi) is 4.83. The zero-order valence-electron chi connectivity index (χ0n) is 8.75. The fourth-order valence-electron chi connectivity index (χ4n) is 0.608. The van der Waals surface area contributed by atoms with Crippen LogP contribution in [-0.2, 0) is 4.84 Å². The number of hydrogen-bond acceptors (Lipinski definition) is 4. The van der Waals surface area contributed by atoms with Crippen molar-refractivity contribution in [1.29, 1.82) is 0 Å². The number of nitrogens with two attached hydrogens (primary N) is 1. The summed E-state index contributed by atoms with van der Waals surface area (Å²) in [5.74, 6) is -0.472. The Morgan fingerprint density at radius 2 is 2.14 bits per heavy atom. The third-order valence-corrected chi connectivity index (χ3v) is 1.49. The second-order valence-corrected chi connectivity index (χ2v) is 3.58. The molecule has 4 nitrogen and oxygen atoms in total. The van der Waals surface area contributed by atoms with Crippen LogP contribution in [0.5, 0.6) is 0 Å². The fraction of sp³-hybridized carbons (Fsp3) is 0.444. The first-order valence-corrected chi connectivity index (χ1v) is 4.39. The van der Waals surface area contributed by atoms with Crippen molar-refractivity contribution in [2.75, 3.05) is 7.05 Å². The minimum absolute atomic E-state index is 0.311. The van der Waals surface area contributed by atoms with E-state index in [1.807, 2.05) is 0 Å². The molecule has 0 aliphatic carbocycles. The summed E-state index contributed by atoms with van der Waals surface area (Å²) in [4.78, 5) is 9.16. The topological polar surface area (TPSA) is 50.8 Å². The van der Waals surface area contributed by atoms with E-state index in [2.05, 4.69) is 18.2 Å². The lowest BCUT2D eigenvalue weighted by Gasteiger charge is -2.30. The smallest absolute Gasteiger partial charge is 0.192 e. The van der Waals surface area contributed by atoms with Gasteiger partial charge in [-0.2, -0.15) is 0 Å². The molecule has 0 aliphatic heterocycles. The van der Waals surface area contributed by atoms with Crippen molar-refractivity contribution in [2.24, 2.45) is 10.7 Å². The van der Waals surface area contributed by atoms with Gasteiger partial charge in [-0.25, -0.2) is 0 Å². The van der Waals surface area contributed by atoms with E-state index in [4.69, 9.17) is 22.2 Å². The third kappa shape index (κ3) is 5.01. The molecule has 0 heterocycles.